The van der Waals surface area contributed by atoms with E-state index in [4.69, 9.17) is 0 Å². The Morgan fingerprint density at radius 3 is 2.42 bits per heavy atom. The molecule has 0 radical (unpaired) electrons. The van der Waals surface area contributed by atoms with Crippen LogP contribution in [-0.4, -0.2) is 15.8 Å². The highest BCUT2D eigenvalue weighted by atomic mass is 16.5. The first-order valence-corrected chi connectivity index (χ1v) is 4.65. The number of unbranched alkanes of at least 4 members (excludes halogenated alkanes) is 2. The van der Waals surface area contributed by atoms with Crippen molar-refractivity contribution in [1.82, 2.24) is 5.06 Å². The molecule has 0 saturated carbocycles. The minimum Gasteiger partial charge on any atom is -0.288 e. The summed E-state index contributed by atoms with van der Waals surface area (Å²) in [4.78, 5) is 0. The fraction of sp³-hybridized carbons (Fsp3) is 0.800. The van der Waals surface area contributed by atoms with Crippen molar-refractivity contribution < 1.29 is 5.21 Å². The third kappa shape index (κ3) is 3.77. The molecule has 0 heterocycles. The molecular formula is C10H21NO. The van der Waals surface area contributed by atoms with E-state index in [0.29, 0.717) is 0 Å². The molecule has 0 aromatic rings. The topological polar surface area (TPSA) is 23.5 Å². The molecule has 0 unspecified atom stereocenters. The summed E-state index contributed by atoms with van der Waals surface area (Å²) in [5.41, 5.74) is -0.170. The normalized spacial score (nSPS) is 11.3. The smallest absolute Gasteiger partial charge is 0.0608 e. The van der Waals surface area contributed by atoms with Crippen LogP contribution >= 0.6 is 0 Å². The van der Waals surface area contributed by atoms with Crippen molar-refractivity contribution in [2.75, 3.05) is 0 Å². The van der Waals surface area contributed by atoms with Crippen LogP contribution in [0.25, 0.3) is 0 Å². The van der Waals surface area contributed by atoms with Crippen LogP contribution in [0.5, 0.6) is 0 Å². The third-order valence-electron chi connectivity index (χ3n) is 2.19. The lowest BCUT2D eigenvalue weighted by atomic mass is 9.96. The van der Waals surface area contributed by atoms with E-state index in [0.717, 1.165) is 12.8 Å². The second kappa shape index (κ2) is 5.20. The first-order valence-electron chi connectivity index (χ1n) is 4.65. The number of rotatable bonds is 6. The summed E-state index contributed by atoms with van der Waals surface area (Å²) in [5, 5.41) is 10.6. The van der Waals surface area contributed by atoms with Crippen LogP contribution in [0.1, 0.15) is 46.5 Å². The van der Waals surface area contributed by atoms with Crippen molar-refractivity contribution in [3.63, 3.8) is 0 Å². The summed E-state index contributed by atoms with van der Waals surface area (Å²) >= 11 is 0. The van der Waals surface area contributed by atoms with Gasteiger partial charge >= 0.3 is 0 Å². The molecule has 0 amide bonds. The number of nitrogens with zero attached hydrogens (tertiary/aromatic N) is 1. The largest absolute Gasteiger partial charge is 0.288 e. The summed E-state index contributed by atoms with van der Waals surface area (Å²) in [6, 6.07) is 0. The average Bonchev–Trinajstić information content (AvgIpc) is 2.03. The zero-order valence-corrected chi connectivity index (χ0v) is 8.51. The van der Waals surface area contributed by atoms with Gasteiger partial charge in [0.25, 0.3) is 0 Å². The van der Waals surface area contributed by atoms with Gasteiger partial charge in [-0.25, -0.2) is 0 Å². The zero-order chi connectivity index (χ0) is 9.61. The Hall–Kier alpha value is -0.500. The van der Waals surface area contributed by atoms with E-state index in [9.17, 15) is 5.21 Å². The van der Waals surface area contributed by atoms with E-state index in [1.165, 1.54) is 24.1 Å². The zero-order valence-electron chi connectivity index (χ0n) is 8.51. The molecule has 0 aromatic carbocycles. The monoisotopic (exact) mass is 171 g/mol. The number of hydrogen-bond acceptors (Lipinski definition) is 2. The second-order valence-electron chi connectivity index (χ2n) is 3.80. The summed E-state index contributed by atoms with van der Waals surface area (Å²) < 4.78 is 0. The maximum Gasteiger partial charge on any atom is 0.0608 e. The van der Waals surface area contributed by atoms with Crippen LogP contribution in [0.3, 0.4) is 0 Å². The van der Waals surface area contributed by atoms with E-state index in [1.54, 1.807) is 0 Å². The van der Waals surface area contributed by atoms with Crippen molar-refractivity contribution in [3.05, 3.63) is 12.8 Å². The predicted octanol–water partition coefficient (Wildman–Crippen LogP) is 3.18. The fourth-order valence-corrected chi connectivity index (χ4v) is 1.17. The highest BCUT2D eigenvalue weighted by Gasteiger charge is 2.21. The van der Waals surface area contributed by atoms with Crippen LogP contribution < -0.4 is 0 Å². The van der Waals surface area contributed by atoms with Crippen LogP contribution in [0.2, 0.25) is 0 Å². The summed E-state index contributed by atoms with van der Waals surface area (Å²) in [5.74, 6) is 0. The predicted molar refractivity (Wildman–Crippen MR) is 52.0 cm³/mol. The van der Waals surface area contributed by atoms with Crippen LogP contribution in [0.15, 0.2) is 12.8 Å². The molecule has 2 nitrogen and oxygen atoms in total. The standard InChI is InChI=1S/C10H21NO/c1-5-7-8-9-10(3,4)11(12)6-2/h6,12H,2,5,7-9H2,1,3-4H3. The molecule has 72 valence electrons. The Balaban J connectivity index is 3.77. The highest BCUT2D eigenvalue weighted by molar-refractivity contribution is 4.81. The highest BCUT2D eigenvalue weighted by Crippen LogP contribution is 2.20. The molecule has 1 N–H and O–H groups in total. The third-order valence-corrected chi connectivity index (χ3v) is 2.19. The molecule has 0 atom stereocenters. The lowest BCUT2D eigenvalue weighted by Crippen LogP contribution is -2.37. The molecular weight excluding hydrogens is 150 g/mol. The van der Waals surface area contributed by atoms with E-state index < -0.39 is 0 Å². The van der Waals surface area contributed by atoms with Crippen molar-refractivity contribution in [1.29, 1.82) is 0 Å². The molecule has 0 aromatic heterocycles. The fourth-order valence-electron chi connectivity index (χ4n) is 1.17. The van der Waals surface area contributed by atoms with E-state index in [-0.39, 0.29) is 5.54 Å². The molecule has 0 aliphatic carbocycles. The van der Waals surface area contributed by atoms with Gasteiger partial charge in [0.1, 0.15) is 0 Å². The average molecular weight is 171 g/mol. The first-order chi connectivity index (χ1) is 5.54. The minimum absolute atomic E-state index is 0.170. The number of hydrogen-bond donors (Lipinski definition) is 1. The van der Waals surface area contributed by atoms with E-state index >= 15 is 0 Å². The lowest BCUT2D eigenvalue weighted by molar-refractivity contribution is -0.120. The van der Waals surface area contributed by atoms with Gasteiger partial charge in [-0.2, -0.15) is 0 Å². The lowest BCUT2D eigenvalue weighted by Gasteiger charge is -2.32. The molecule has 0 saturated heterocycles. The van der Waals surface area contributed by atoms with E-state index in [1.807, 2.05) is 13.8 Å². The quantitative estimate of drug-likeness (QED) is 0.490. The molecule has 0 rings (SSSR count). The maximum absolute atomic E-state index is 9.40. The second-order valence-corrected chi connectivity index (χ2v) is 3.80. The van der Waals surface area contributed by atoms with Crippen LogP contribution in [0, 0.1) is 0 Å². The summed E-state index contributed by atoms with van der Waals surface area (Å²) in [6.07, 6.45) is 6.08. The van der Waals surface area contributed by atoms with Crippen LogP contribution in [-0.2, 0) is 0 Å². The van der Waals surface area contributed by atoms with Crippen molar-refractivity contribution in [3.8, 4) is 0 Å². The van der Waals surface area contributed by atoms with Gasteiger partial charge in [-0.05, 0) is 20.3 Å². The van der Waals surface area contributed by atoms with Gasteiger partial charge in [-0.1, -0.05) is 32.8 Å². The Labute approximate surface area is 75.8 Å². The summed E-state index contributed by atoms with van der Waals surface area (Å²) in [6.45, 7) is 9.75. The van der Waals surface area contributed by atoms with Crippen molar-refractivity contribution >= 4 is 0 Å². The molecule has 0 bridgehead atoms. The molecule has 0 aliphatic rings. The van der Waals surface area contributed by atoms with Gasteiger partial charge < -0.3 is 0 Å². The van der Waals surface area contributed by atoms with Gasteiger partial charge in [-0.3, -0.25) is 10.3 Å². The summed E-state index contributed by atoms with van der Waals surface area (Å²) in [7, 11) is 0. The van der Waals surface area contributed by atoms with Crippen LogP contribution in [0.4, 0.5) is 0 Å². The number of hydroxylamine groups is 2. The SMILES string of the molecule is C=CN(O)C(C)(C)CCCCC. The first kappa shape index (κ1) is 11.5. The molecule has 0 spiro atoms. The van der Waals surface area contributed by atoms with Gasteiger partial charge in [0.2, 0.25) is 0 Å². The molecule has 12 heavy (non-hydrogen) atoms. The van der Waals surface area contributed by atoms with Crippen molar-refractivity contribution in [2.24, 2.45) is 0 Å². The Morgan fingerprint density at radius 1 is 1.42 bits per heavy atom. The van der Waals surface area contributed by atoms with Gasteiger partial charge in [-0.15, -0.1) is 0 Å². The Bertz CT molecular complexity index is 132. The Kier molecular flexibility index (Phi) is 4.98. The van der Waals surface area contributed by atoms with Gasteiger partial charge in [0.05, 0.1) is 5.54 Å². The molecule has 0 aliphatic heterocycles. The Morgan fingerprint density at radius 2 is 2.00 bits per heavy atom. The van der Waals surface area contributed by atoms with E-state index in [2.05, 4.69) is 13.5 Å². The van der Waals surface area contributed by atoms with Crippen molar-refractivity contribution in [2.45, 2.75) is 52.0 Å². The maximum atomic E-state index is 9.40. The van der Waals surface area contributed by atoms with Gasteiger partial charge in [0, 0.05) is 6.20 Å². The molecule has 2 heteroatoms. The van der Waals surface area contributed by atoms with Gasteiger partial charge in [0.15, 0.2) is 0 Å². The minimum atomic E-state index is -0.170. The molecule has 0 fully saturated rings.